The van der Waals surface area contributed by atoms with E-state index in [0.29, 0.717) is 0 Å². The van der Waals surface area contributed by atoms with E-state index >= 15 is 0 Å². The van der Waals surface area contributed by atoms with E-state index in [9.17, 15) is 4.79 Å². The van der Waals surface area contributed by atoms with Crippen molar-refractivity contribution in [2.45, 2.75) is 26.8 Å². The fourth-order valence-electron chi connectivity index (χ4n) is 1.33. The molecule has 0 unspecified atom stereocenters. The first kappa shape index (κ1) is 11.7. The number of rotatable bonds is 3. The normalized spacial score (nSPS) is 10.6. The Bertz CT molecular complexity index is 322. The molecule has 0 aliphatic rings. The largest absolute Gasteiger partial charge is 0.336 e. The second-order valence-corrected chi connectivity index (χ2v) is 5.61. The molecule has 1 aromatic rings. The quantitative estimate of drug-likeness (QED) is 0.828. The number of nitrogens with zero attached hydrogens (tertiary/aromatic N) is 1. The molecule has 0 saturated heterocycles. The van der Waals surface area contributed by atoms with Crippen LogP contribution in [0.5, 0.6) is 0 Å². The summed E-state index contributed by atoms with van der Waals surface area (Å²) in [5, 5.41) is 1.89. The molecular formula is C10H14BrNOS. The molecule has 0 aliphatic heterocycles. The van der Waals surface area contributed by atoms with E-state index in [-0.39, 0.29) is 11.9 Å². The van der Waals surface area contributed by atoms with Gasteiger partial charge in [0.05, 0.1) is 9.35 Å². The third-order valence-corrected chi connectivity index (χ3v) is 3.54. The summed E-state index contributed by atoms with van der Waals surface area (Å²) < 4.78 is 1.00. The molecule has 2 nitrogen and oxygen atoms in total. The van der Waals surface area contributed by atoms with E-state index < -0.39 is 0 Å². The summed E-state index contributed by atoms with van der Waals surface area (Å²) in [7, 11) is 0. The van der Waals surface area contributed by atoms with Crippen LogP contribution in [0.4, 0.5) is 0 Å². The van der Waals surface area contributed by atoms with Crippen molar-refractivity contribution in [2.24, 2.45) is 0 Å². The maximum atomic E-state index is 11.9. The lowest BCUT2D eigenvalue weighted by Gasteiger charge is -2.24. The predicted octanol–water partition coefficient (Wildman–Crippen LogP) is 3.38. The van der Waals surface area contributed by atoms with Gasteiger partial charge in [0.2, 0.25) is 0 Å². The Morgan fingerprint density at radius 3 is 2.64 bits per heavy atom. The van der Waals surface area contributed by atoms with E-state index in [4.69, 9.17) is 0 Å². The topological polar surface area (TPSA) is 20.3 Å². The van der Waals surface area contributed by atoms with Crippen LogP contribution in [-0.2, 0) is 0 Å². The molecule has 78 valence electrons. The minimum absolute atomic E-state index is 0.115. The van der Waals surface area contributed by atoms with Crippen molar-refractivity contribution in [1.29, 1.82) is 0 Å². The molecule has 1 heterocycles. The summed E-state index contributed by atoms with van der Waals surface area (Å²) in [6.45, 7) is 6.81. The van der Waals surface area contributed by atoms with Crippen LogP contribution < -0.4 is 0 Å². The van der Waals surface area contributed by atoms with Crippen molar-refractivity contribution in [2.75, 3.05) is 6.54 Å². The van der Waals surface area contributed by atoms with Crippen LogP contribution in [0.25, 0.3) is 0 Å². The Morgan fingerprint density at radius 1 is 1.64 bits per heavy atom. The van der Waals surface area contributed by atoms with Gasteiger partial charge in [-0.25, -0.2) is 0 Å². The number of thiophene rings is 1. The maximum absolute atomic E-state index is 11.9. The number of hydrogen-bond acceptors (Lipinski definition) is 2. The molecule has 1 rings (SSSR count). The van der Waals surface area contributed by atoms with Crippen molar-refractivity contribution < 1.29 is 4.79 Å². The Kier molecular flexibility index (Phi) is 4.13. The van der Waals surface area contributed by atoms with Gasteiger partial charge in [0.15, 0.2) is 0 Å². The van der Waals surface area contributed by atoms with Gasteiger partial charge in [0.25, 0.3) is 5.91 Å². The van der Waals surface area contributed by atoms with Crippen LogP contribution in [0.2, 0.25) is 0 Å². The van der Waals surface area contributed by atoms with Gasteiger partial charge in [0.1, 0.15) is 0 Å². The van der Waals surface area contributed by atoms with Gasteiger partial charge in [-0.2, -0.15) is 0 Å². The Morgan fingerprint density at radius 2 is 2.29 bits per heavy atom. The first-order valence-electron chi connectivity index (χ1n) is 4.61. The number of carbonyl (C=O) groups is 1. The lowest BCUT2D eigenvalue weighted by molar-refractivity contribution is 0.0717. The number of halogens is 1. The maximum Gasteiger partial charge on any atom is 0.254 e. The minimum Gasteiger partial charge on any atom is -0.336 e. The first-order valence-corrected chi connectivity index (χ1v) is 6.28. The Labute approximate surface area is 97.1 Å². The summed E-state index contributed by atoms with van der Waals surface area (Å²) in [6.07, 6.45) is 0. The summed E-state index contributed by atoms with van der Waals surface area (Å²) in [5.74, 6) is 0.115. The highest BCUT2D eigenvalue weighted by atomic mass is 79.9. The molecule has 0 spiro atoms. The highest BCUT2D eigenvalue weighted by Gasteiger charge is 2.17. The standard InChI is InChI=1S/C10H14BrNOS/c1-4-12(7(2)3)10(13)8-5-9(11)14-6-8/h5-7H,4H2,1-3H3. The van der Waals surface area contributed by atoms with Gasteiger partial charge >= 0.3 is 0 Å². The average Bonchev–Trinajstić information content (AvgIpc) is 2.52. The molecule has 1 aromatic heterocycles. The van der Waals surface area contributed by atoms with Crippen molar-refractivity contribution in [3.8, 4) is 0 Å². The van der Waals surface area contributed by atoms with E-state index in [1.165, 1.54) is 0 Å². The lowest BCUT2D eigenvalue weighted by Crippen LogP contribution is -2.36. The second-order valence-electron chi connectivity index (χ2n) is 3.32. The van der Waals surface area contributed by atoms with E-state index in [0.717, 1.165) is 15.9 Å². The molecule has 4 heteroatoms. The number of carbonyl (C=O) groups excluding carboxylic acids is 1. The fraction of sp³-hybridized carbons (Fsp3) is 0.500. The fourth-order valence-corrected chi connectivity index (χ4v) is 2.46. The van der Waals surface area contributed by atoms with Gasteiger partial charge in [-0.15, -0.1) is 11.3 Å². The third-order valence-electron chi connectivity index (χ3n) is 2.04. The molecule has 0 radical (unpaired) electrons. The molecule has 0 aromatic carbocycles. The van der Waals surface area contributed by atoms with Gasteiger partial charge in [-0.3, -0.25) is 4.79 Å². The lowest BCUT2D eigenvalue weighted by atomic mass is 10.2. The second kappa shape index (κ2) is 4.94. The van der Waals surface area contributed by atoms with Gasteiger partial charge in [0, 0.05) is 18.0 Å². The molecule has 0 saturated carbocycles. The van der Waals surface area contributed by atoms with Crippen LogP contribution in [0.1, 0.15) is 31.1 Å². The zero-order valence-electron chi connectivity index (χ0n) is 8.58. The van der Waals surface area contributed by atoms with E-state index in [1.807, 2.05) is 37.1 Å². The van der Waals surface area contributed by atoms with Crippen LogP contribution in [0.3, 0.4) is 0 Å². The summed E-state index contributed by atoms with van der Waals surface area (Å²) >= 11 is 4.90. The molecule has 0 atom stereocenters. The van der Waals surface area contributed by atoms with Crippen LogP contribution in [0.15, 0.2) is 15.2 Å². The van der Waals surface area contributed by atoms with Gasteiger partial charge in [-0.1, -0.05) is 0 Å². The summed E-state index contributed by atoms with van der Waals surface area (Å²) in [5.41, 5.74) is 0.775. The number of hydrogen-bond donors (Lipinski definition) is 0. The van der Waals surface area contributed by atoms with Crippen LogP contribution >= 0.6 is 27.3 Å². The SMILES string of the molecule is CCN(C(=O)c1csc(Br)c1)C(C)C. The third kappa shape index (κ3) is 2.58. The van der Waals surface area contributed by atoms with E-state index in [2.05, 4.69) is 15.9 Å². The van der Waals surface area contributed by atoms with E-state index in [1.54, 1.807) is 11.3 Å². The number of amides is 1. The zero-order valence-corrected chi connectivity index (χ0v) is 11.0. The highest BCUT2D eigenvalue weighted by molar-refractivity contribution is 9.11. The average molecular weight is 276 g/mol. The van der Waals surface area contributed by atoms with Crippen molar-refractivity contribution in [3.05, 3.63) is 20.8 Å². The zero-order chi connectivity index (χ0) is 10.7. The molecule has 0 N–H and O–H groups in total. The molecule has 0 fully saturated rings. The van der Waals surface area contributed by atoms with Crippen molar-refractivity contribution in [3.63, 3.8) is 0 Å². The van der Waals surface area contributed by atoms with Crippen molar-refractivity contribution >= 4 is 33.2 Å². The van der Waals surface area contributed by atoms with Crippen LogP contribution in [-0.4, -0.2) is 23.4 Å². The molecule has 0 aliphatic carbocycles. The summed E-state index contributed by atoms with van der Waals surface area (Å²) in [6, 6.07) is 2.13. The molecule has 14 heavy (non-hydrogen) atoms. The minimum atomic E-state index is 0.115. The Balaban J connectivity index is 2.83. The molecule has 1 amide bonds. The van der Waals surface area contributed by atoms with Gasteiger partial charge < -0.3 is 4.90 Å². The monoisotopic (exact) mass is 275 g/mol. The van der Waals surface area contributed by atoms with Gasteiger partial charge in [-0.05, 0) is 42.8 Å². The molecular weight excluding hydrogens is 262 g/mol. The summed E-state index contributed by atoms with van der Waals surface area (Å²) in [4.78, 5) is 13.8. The first-order chi connectivity index (χ1) is 6.56. The Hall–Kier alpha value is -0.350. The van der Waals surface area contributed by atoms with Crippen LogP contribution in [0, 0.1) is 0 Å². The molecule has 0 bridgehead atoms. The predicted molar refractivity (Wildman–Crippen MR) is 63.9 cm³/mol. The van der Waals surface area contributed by atoms with Crippen molar-refractivity contribution in [1.82, 2.24) is 4.90 Å². The highest BCUT2D eigenvalue weighted by Crippen LogP contribution is 2.22. The smallest absolute Gasteiger partial charge is 0.254 e.